The predicted molar refractivity (Wildman–Crippen MR) is 77.6 cm³/mol. The van der Waals surface area contributed by atoms with Crippen LogP contribution in [-0.2, 0) is 0 Å². The minimum Gasteiger partial charge on any atom is -0.465 e. The molecule has 2 saturated heterocycles. The lowest BCUT2D eigenvalue weighted by Crippen LogP contribution is -2.70. The Morgan fingerprint density at radius 2 is 1.60 bits per heavy atom. The molecule has 0 aromatic rings. The van der Waals surface area contributed by atoms with E-state index < -0.39 is 6.09 Å². The van der Waals surface area contributed by atoms with Crippen LogP contribution in [0.3, 0.4) is 0 Å². The number of quaternary nitrogens is 1. The highest BCUT2D eigenvalue weighted by Gasteiger charge is 2.49. The summed E-state index contributed by atoms with van der Waals surface area (Å²) in [6.45, 7) is 10.2. The third kappa shape index (κ3) is 2.79. The van der Waals surface area contributed by atoms with Crippen LogP contribution >= 0.6 is 0 Å². The van der Waals surface area contributed by atoms with Gasteiger partial charge in [0.1, 0.15) is 0 Å². The zero-order valence-electron chi connectivity index (χ0n) is 13.0. The van der Waals surface area contributed by atoms with Gasteiger partial charge in [0.25, 0.3) is 0 Å². The highest BCUT2D eigenvalue weighted by molar-refractivity contribution is 5.64. The maximum absolute atomic E-state index is 11.0. The fraction of sp³-hybridized carbons (Fsp3) is 0.933. The summed E-state index contributed by atoms with van der Waals surface area (Å²) in [5.41, 5.74) is 0.149. The van der Waals surface area contributed by atoms with Crippen LogP contribution in [0.1, 0.15) is 46.5 Å². The molecule has 0 aromatic heterocycles. The minimum absolute atomic E-state index is 0.149. The molecule has 116 valence electrons. The molecule has 2 aliphatic heterocycles. The summed E-state index contributed by atoms with van der Waals surface area (Å²) < 4.78 is 1.04. The first-order valence-corrected chi connectivity index (χ1v) is 7.79. The van der Waals surface area contributed by atoms with Crippen LogP contribution in [0.4, 0.5) is 4.79 Å². The van der Waals surface area contributed by atoms with E-state index in [2.05, 4.69) is 20.8 Å². The topological polar surface area (TPSA) is 60.8 Å². The van der Waals surface area contributed by atoms with E-state index in [1.165, 1.54) is 4.90 Å². The van der Waals surface area contributed by atoms with Gasteiger partial charge in [0.15, 0.2) is 0 Å². The van der Waals surface area contributed by atoms with Gasteiger partial charge in [0.05, 0.1) is 30.8 Å². The van der Waals surface area contributed by atoms with Crippen LogP contribution in [0.25, 0.3) is 0 Å². The number of hydrogen-bond donors (Lipinski definition) is 2. The van der Waals surface area contributed by atoms with Crippen molar-refractivity contribution >= 4 is 6.09 Å². The Balaban J connectivity index is 2.11. The molecule has 0 unspecified atom stereocenters. The van der Waals surface area contributed by atoms with Gasteiger partial charge in [-0.25, -0.2) is 4.79 Å². The molecule has 5 nitrogen and oxygen atoms in total. The lowest BCUT2D eigenvalue weighted by Gasteiger charge is -2.57. The Morgan fingerprint density at radius 3 is 2.00 bits per heavy atom. The van der Waals surface area contributed by atoms with Gasteiger partial charge in [0, 0.05) is 38.8 Å². The lowest BCUT2D eigenvalue weighted by atomic mass is 9.87. The van der Waals surface area contributed by atoms with Crippen molar-refractivity contribution in [1.29, 1.82) is 0 Å². The van der Waals surface area contributed by atoms with Gasteiger partial charge in [-0.1, -0.05) is 0 Å². The van der Waals surface area contributed by atoms with Gasteiger partial charge < -0.3 is 19.6 Å². The van der Waals surface area contributed by atoms with Crippen LogP contribution in [-0.4, -0.2) is 69.6 Å². The summed E-state index contributed by atoms with van der Waals surface area (Å²) in [6.07, 6.45) is 2.69. The number of amides is 1. The third-order valence-corrected chi connectivity index (χ3v) is 5.49. The molecule has 0 aliphatic carbocycles. The highest BCUT2D eigenvalue weighted by atomic mass is 16.4. The first-order chi connectivity index (χ1) is 9.26. The number of hydrogen-bond acceptors (Lipinski definition) is 2. The molecular weight excluding hydrogens is 256 g/mol. The largest absolute Gasteiger partial charge is 0.465 e. The van der Waals surface area contributed by atoms with Crippen molar-refractivity contribution in [3.63, 3.8) is 0 Å². The summed E-state index contributed by atoms with van der Waals surface area (Å²) >= 11 is 0. The Labute approximate surface area is 121 Å². The SMILES string of the molecule is CC(C)(C)[N+]1(C2CCN(C(=O)O)CC2)CCC(O)CC1. The molecule has 2 rings (SSSR count). The second kappa shape index (κ2) is 5.53. The number of carboxylic acid groups (broad SMARTS) is 1. The van der Waals surface area contributed by atoms with Crippen LogP contribution in [0.15, 0.2) is 0 Å². The molecule has 0 atom stereocenters. The maximum Gasteiger partial charge on any atom is 0.407 e. The molecule has 0 bridgehead atoms. The van der Waals surface area contributed by atoms with E-state index in [1.54, 1.807) is 0 Å². The summed E-state index contributed by atoms with van der Waals surface area (Å²) in [5.74, 6) is 0. The molecule has 2 aliphatic rings. The Hall–Kier alpha value is -0.810. The fourth-order valence-electron chi connectivity index (χ4n) is 4.15. The van der Waals surface area contributed by atoms with E-state index in [-0.39, 0.29) is 11.6 Å². The molecule has 0 spiro atoms. The highest BCUT2D eigenvalue weighted by Crippen LogP contribution is 2.37. The Bertz CT molecular complexity index is 349. The van der Waals surface area contributed by atoms with Gasteiger partial charge in [-0.05, 0) is 20.8 Å². The normalized spacial score (nSPS) is 33.2. The maximum atomic E-state index is 11.0. The smallest absolute Gasteiger partial charge is 0.407 e. The molecule has 2 N–H and O–H groups in total. The van der Waals surface area contributed by atoms with Crippen LogP contribution in [0.2, 0.25) is 0 Å². The number of nitrogens with zero attached hydrogens (tertiary/aromatic N) is 2. The number of aliphatic hydroxyl groups is 1. The zero-order valence-corrected chi connectivity index (χ0v) is 13.0. The second-order valence-electron chi connectivity index (χ2n) is 7.38. The van der Waals surface area contributed by atoms with Gasteiger partial charge in [0.2, 0.25) is 0 Å². The van der Waals surface area contributed by atoms with Gasteiger partial charge in [-0.2, -0.15) is 0 Å². The molecule has 0 radical (unpaired) electrons. The summed E-state index contributed by atoms with van der Waals surface area (Å²) in [7, 11) is 0. The molecule has 5 heteroatoms. The lowest BCUT2D eigenvalue weighted by molar-refractivity contribution is -0.997. The monoisotopic (exact) mass is 285 g/mol. The standard InChI is InChI=1S/C15H28N2O3/c1-15(2,3)17(10-6-13(18)7-11-17)12-4-8-16(9-5-12)14(19)20/h12-13,18H,4-11H2,1-3H3/p+1. The van der Waals surface area contributed by atoms with E-state index in [0.717, 1.165) is 43.3 Å². The van der Waals surface area contributed by atoms with Crippen molar-refractivity contribution in [2.75, 3.05) is 26.2 Å². The number of carbonyl (C=O) groups is 1. The van der Waals surface area contributed by atoms with E-state index in [9.17, 15) is 9.90 Å². The first kappa shape index (κ1) is 15.6. The number of likely N-dealkylation sites (tertiary alicyclic amines) is 2. The van der Waals surface area contributed by atoms with E-state index in [0.29, 0.717) is 19.1 Å². The van der Waals surface area contributed by atoms with Crippen LogP contribution < -0.4 is 0 Å². The zero-order chi connectivity index (χ0) is 15.0. The van der Waals surface area contributed by atoms with Crippen molar-refractivity contribution in [3.8, 4) is 0 Å². The molecule has 0 aromatic carbocycles. The first-order valence-electron chi connectivity index (χ1n) is 7.79. The molecule has 2 heterocycles. The number of aliphatic hydroxyl groups excluding tert-OH is 1. The molecule has 20 heavy (non-hydrogen) atoms. The van der Waals surface area contributed by atoms with E-state index in [4.69, 9.17) is 5.11 Å². The van der Waals surface area contributed by atoms with Crippen molar-refractivity contribution in [2.24, 2.45) is 0 Å². The Kier molecular flexibility index (Phi) is 4.30. The summed E-state index contributed by atoms with van der Waals surface area (Å²) in [4.78, 5) is 12.6. The quantitative estimate of drug-likeness (QED) is 0.723. The minimum atomic E-state index is -0.792. The second-order valence-corrected chi connectivity index (χ2v) is 7.38. The van der Waals surface area contributed by atoms with Crippen molar-refractivity contribution < 1.29 is 19.5 Å². The number of rotatable bonds is 1. The van der Waals surface area contributed by atoms with Crippen LogP contribution in [0, 0.1) is 0 Å². The van der Waals surface area contributed by atoms with Crippen LogP contribution in [0.5, 0.6) is 0 Å². The third-order valence-electron chi connectivity index (χ3n) is 5.49. The molecular formula is C15H29N2O3+. The van der Waals surface area contributed by atoms with Crippen molar-refractivity contribution in [3.05, 3.63) is 0 Å². The van der Waals surface area contributed by atoms with Gasteiger partial charge in [-0.3, -0.25) is 0 Å². The molecule has 1 amide bonds. The fourth-order valence-corrected chi connectivity index (χ4v) is 4.15. The van der Waals surface area contributed by atoms with Gasteiger partial charge in [-0.15, -0.1) is 0 Å². The average molecular weight is 285 g/mol. The van der Waals surface area contributed by atoms with E-state index >= 15 is 0 Å². The molecule has 0 saturated carbocycles. The predicted octanol–water partition coefficient (Wildman–Crippen LogP) is 1.90. The van der Waals surface area contributed by atoms with E-state index in [1.807, 2.05) is 0 Å². The van der Waals surface area contributed by atoms with Crippen molar-refractivity contribution in [1.82, 2.24) is 4.90 Å². The number of piperidine rings is 2. The molecule has 2 fully saturated rings. The Morgan fingerprint density at radius 1 is 1.10 bits per heavy atom. The summed E-state index contributed by atoms with van der Waals surface area (Å²) in [5, 5.41) is 18.9. The van der Waals surface area contributed by atoms with Gasteiger partial charge >= 0.3 is 6.09 Å². The summed E-state index contributed by atoms with van der Waals surface area (Å²) in [6, 6.07) is 0.526. The van der Waals surface area contributed by atoms with Crippen molar-refractivity contribution in [2.45, 2.75) is 64.1 Å². The average Bonchev–Trinajstić information content (AvgIpc) is 2.38.